The van der Waals surface area contributed by atoms with Crippen LogP contribution in [0.25, 0.3) is 22.3 Å². The highest BCUT2D eigenvalue weighted by atomic mass is 32.7. The molecule has 8 rings (SSSR count). The number of imidazole rings is 2. The molecule has 3 saturated heterocycles. The summed E-state index contributed by atoms with van der Waals surface area (Å²) in [4.78, 5) is 114. The van der Waals surface area contributed by atoms with Gasteiger partial charge >= 0.3 is 26.6 Å². The molecule has 7 heterocycles. The molecule has 0 aliphatic carbocycles. The SMILES string of the molecule is CCCCCCCCCCCCCC(=O)OC(CCCCCCCCCCC)CC(=O)C[C@H](C(=O)N[C@@H](CCCNC(N)=O)C(=O)Cc1ccc(CSP2(=O)OC[C@H]3O[C@@H](n4cnc5c(N)ncnc54)[C@H](F)[C@@H]3OP(=O)(O)OC[C@H]3O[C@@H](n4cnc5c(=O)[nH]cnc54)[C@H](F)[C@@H]3O2)cc1)C(C)C. The molecule has 5 aromatic rings. The van der Waals surface area contributed by atoms with Gasteiger partial charge in [0.05, 0.1) is 38.2 Å². The third-order valence-corrected chi connectivity index (χ3v) is 23.2. The second-order valence-electron chi connectivity index (χ2n) is 26.8. The van der Waals surface area contributed by atoms with E-state index >= 15 is 13.3 Å². The Labute approximate surface area is 592 Å². The number of benzene rings is 1. The summed E-state index contributed by atoms with van der Waals surface area (Å²) in [5, 5.41) is 5.44. The maximum Gasteiger partial charge on any atom is 0.472 e. The van der Waals surface area contributed by atoms with Crippen LogP contribution in [-0.4, -0.2) is 142 Å². The van der Waals surface area contributed by atoms with E-state index in [4.69, 9.17) is 43.8 Å². The van der Waals surface area contributed by atoms with Gasteiger partial charge in [-0.15, -0.1) is 0 Å². The highest BCUT2D eigenvalue weighted by Crippen LogP contribution is 2.65. The van der Waals surface area contributed by atoms with E-state index in [1.807, 2.05) is 13.8 Å². The molecule has 3 unspecified atom stereocenters. The summed E-state index contributed by atoms with van der Waals surface area (Å²) >= 11 is 0.601. The van der Waals surface area contributed by atoms with Crippen LogP contribution in [0, 0.1) is 11.8 Å². The van der Waals surface area contributed by atoms with Crippen LogP contribution >= 0.6 is 26.0 Å². The van der Waals surface area contributed by atoms with Crippen molar-refractivity contribution in [1.82, 2.24) is 49.7 Å². The Balaban J connectivity index is 0.926. The highest BCUT2D eigenvalue weighted by molar-refractivity contribution is 8.54. The maximum atomic E-state index is 17.1. The maximum absolute atomic E-state index is 17.1. The van der Waals surface area contributed by atoms with Gasteiger partial charge in [-0.1, -0.05) is 168 Å². The van der Waals surface area contributed by atoms with Gasteiger partial charge in [-0.3, -0.25) is 51.2 Å². The fourth-order valence-corrected chi connectivity index (χ4v) is 17.2. The Bertz CT molecular complexity index is 3630. The largest absolute Gasteiger partial charge is 0.472 e. The van der Waals surface area contributed by atoms with Crippen molar-refractivity contribution in [3.8, 4) is 0 Å². The van der Waals surface area contributed by atoms with Crippen molar-refractivity contribution in [3.05, 3.63) is 71.1 Å². The zero-order valence-electron chi connectivity index (χ0n) is 58.4. The number of unbranched alkanes of at least 4 members (excludes halogenated alkanes) is 18. The molecule has 8 N–H and O–H groups in total. The number of hydrogen-bond acceptors (Lipinski definition) is 22. The number of anilines is 1. The Hall–Kier alpha value is -6.14. The summed E-state index contributed by atoms with van der Waals surface area (Å²) in [6, 6.07) is 4.73. The number of carbonyl (C=O) groups is 5. The summed E-state index contributed by atoms with van der Waals surface area (Å²) < 4.78 is 106. The van der Waals surface area contributed by atoms with E-state index in [9.17, 15) is 38.2 Å². The lowest BCUT2D eigenvalue weighted by Gasteiger charge is -2.29. The van der Waals surface area contributed by atoms with Crippen molar-refractivity contribution < 1.29 is 79.1 Å². The molecule has 0 bridgehead atoms. The first kappa shape index (κ1) is 80.5. The topological polar surface area (TPSA) is 388 Å². The molecule has 560 valence electrons. The quantitative estimate of drug-likeness (QED) is 0.0120. The van der Waals surface area contributed by atoms with Gasteiger partial charge in [0.25, 0.3) is 5.56 Å². The number of alkyl halides is 2. The standard InChI is InChI=1S/C68H102F2N12O16P2S/c1-5-7-9-11-13-15-16-18-20-22-24-28-54(85)94-48(26-23-21-19-17-14-12-10-8-6-2)35-47(83)36-49(44(3)4)64(86)80-50(27-25-33-73-68(72)88)51(84)34-45-29-31-46(32-30-45)39-101-100(91)93-38-53-59(55(69)66(96-53)81-42-78-57-61(71)74-40-75-62(57)81)97-99(89,90)92-37-52-60(98-100)56(70)67(95-52)82-43-79-58-63(82)76-41-77-65(58)87/h29-32,40-44,48-50,52-53,55-56,59-60,66-67H,5-28,33-39H2,1-4H3,(H,80,86)(H,89,90)(H2,71,74,75)(H3,72,73,88)(H,76,77,87)/t48?,49-,50-,52+,53+,55+,56+,59+,60+,66+,67+,100?/m0/s1. The molecule has 0 radical (unpaired) electrons. The number of nitrogens with one attached hydrogen (secondary N) is 3. The number of fused-ring (bicyclic) bond motifs is 4. The van der Waals surface area contributed by atoms with E-state index in [2.05, 4.69) is 54.4 Å². The Morgan fingerprint density at radius 3 is 1.87 bits per heavy atom. The van der Waals surface area contributed by atoms with E-state index in [-0.39, 0.29) is 102 Å². The fraction of sp³-hybridized carbons (Fsp3) is 0.691. The number of primary amides is 1. The van der Waals surface area contributed by atoms with Gasteiger partial charge in [0.2, 0.25) is 5.91 Å². The molecule has 0 spiro atoms. The highest BCUT2D eigenvalue weighted by Gasteiger charge is 2.55. The van der Waals surface area contributed by atoms with Crippen LogP contribution in [0.3, 0.4) is 0 Å². The van der Waals surface area contributed by atoms with Gasteiger partial charge in [-0.05, 0) is 60.5 Å². The molecule has 13 atom stereocenters. The van der Waals surface area contributed by atoms with Gasteiger partial charge in [0.15, 0.2) is 53.2 Å². The number of ether oxygens (including phenoxy) is 3. The first-order valence-corrected chi connectivity index (χ1v) is 40.5. The molecule has 3 aliphatic heterocycles. The minimum absolute atomic E-state index is 0.0302. The van der Waals surface area contributed by atoms with E-state index in [1.54, 1.807) is 24.3 Å². The van der Waals surface area contributed by atoms with E-state index in [0.29, 0.717) is 35.4 Å². The number of esters is 1. The first-order valence-electron chi connectivity index (χ1n) is 35.9. The third-order valence-electron chi connectivity index (χ3n) is 18.6. The molecule has 4 aromatic heterocycles. The number of nitrogens with zero attached hydrogens (tertiary/aromatic N) is 7. The lowest BCUT2D eigenvalue weighted by atomic mass is 9.87. The first-order chi connectivity index (χ1) is 48.6. The second-order valence-corrected chi connectivity index (χ2v) is 32.3. The van der Waals surface area contributed by atoms with Gasteiger partial charge in [-0.2, -0.15) is 0 Å². The number of Topliss-reactive ketones (excluding diaryl/α,β-unsaturated/α-hetero) is 2. The minimum atomic E-state index is -5.29. The number of nitrogens with two attached hydrogens (primary N) is 2. The van der Waals surface area contributed by atoms with Crippen LogP contribution in [0.1, 0.15) is 218 Å². The Morgan fingerprint density at radius 2 is 1.27 bits per heavy atom. The summed E-state index contributed by atoms with van der Waals surface area (Å²) in [5.41, 5.74) is 11.6. The number of ketones is 2. The van der Waals surface area contributed by atoms with Crippen LogP contribution in [0.5, 0.6) is 0 Å². The molecule has 101 heavy (non-hydrogen) atoms. The number of phosphoric acid groups is 1. The predicted octanol–water partition coefficient (Wildman–Crippen LogP) is 12.2. The number of carbonyl (C=O) groups excluding carboxylic acids is 5. The lowest BCUT2D eigenvalue weighted by molar-refractivity contribution is -0.151. The number of halogens is 2. The van der Waals surface area contributed by atoms with E-state index < -0.39 is 113 Å². The van der Waals surface area contributed by atoms with Crippen LogP contribution in [0.4, 0.5) is 19.4 Å². The van der Waals surface area contributed by atoms with Gasteiger partial charge in [0, 0.05) is 43.9 Å². The number of hydrogen-bond donors (Lipinski definition) is 6. The number of urea groups is 1. The number of rotatable bonds is 42. The number of phosphoric ester groups is 1. The summed E-state index contributed by atoms with van der Waals surface area (Å²) in [5.74, 6) is -2.80. The van der Waals surface area contributed by atoms with Crippen LogP contribution in [0.15, 0.2) is 54.4 Å². The summed E-state index contributed by atoms with van der Waals surface area (Å²) in [7, 11) is -5.29. The van der Waals surface area contributed by atoms with Crippen LogP contribution in [0.2, 0.25) is 0 Å². The van der Waals surface area contributed by atoms with Crippen LogP contribution in [-0.2, 0) is 72.8 Å². The molecule has 3 amide bonds. The van der Waals surface area contributed by atoms with E-state index in [0.717, 1.165) is 73.1 Å². The number of H-pyrrole nitrogens is 1. The van der Waals surface area contributed by atoms with Crippen molar-refractivity contribution in [3.63, 3.8) is 0 Å². The number of aromatic nitrogens is 8. The van der Waals surface area contributed by atoms with Crippen molar-refractivity contribution >= 4 is 83.6 Å². The van der Waals surface area contributed by atoms with Crippen molar-refractivity contribution in [1.29, 1.82) is 0 Å². The number of aromatic amines is 1. The van der Waals surface area contributed by atoms with Crippen molar-refractivity contribution in [2.75, 3.05) is 25.5 Å². The molecular weight excluding hydrogens is 1370 g/mol. The molecule has 33 heteroatoms. The fourth-order valence-electron chi connectivity index (χ4n) is 12.8. The lowest BCUT2D eigenvalue weighted by Crippen LogP contribution is -2.46. The molecular formula is C68H102F2N12O16P2S. The van der Waals surface area contributed by atoms with Gasteiger partial charge in [-0.25, -0.2) is 47.6 Å². The molecule has 0 saturated carbocycles. The smallest absolute Gasteiger partial charge is 0.462 e. The number of nitrogen functional groups attached to an aromatic ring is 1. The van der Waals surface area contributed by atoms with Gasteiger partial charge in [0.1, 0.15) is 48.1 Å². The van der Waals surface area contributed by atoms with Crippen LogP contribution < -0.4 is 27.7 Å². The molecule has 3 fully saturated rings. The monoisotopic (exact) mass is 1470 g/mol. The normalized spacial score (nSPS) is 24.1. The predicted molar refractivity (Wildman–Crippen MR) is 375 cm³/mol. The molecule has 1 aromatic carbocycles. The van der Waals surface area contributed by atoms with E-state index in [1.165, 1.54) is 83.4 Å². The minimum Gasteiger partial charge on any atom is -0.462 e. The Kier molecular flexibility index (Phi) is 32.1. The molecule has 3 aliphatic rings. The zero-order valence-corrected chi connectivity index (χ0v) is 61.0. The average Bonchev–Trinajstić information content (AvgIpc) is 1.62. The summed E-state index contributed by atoms with van der Waals surface area (Å²) in [6.07, 6.45) is 12.3. The van der Waals surface area contributed by atoms with Crippen molar-refractivity contribution in [2.45, 2.75) is 268 Å². The second kappa shape index (κ2) is 40.2. The third kappa shape index (κ3) is 24.2. The van der Waals surface area contributed by atoms with Gasteiger partial charge < -0.3 is 46.2 Å². The summed E-state index contributed by atoms with van der Waals surface area (Å²) in [6.45, 7) is 1.65. The average molecular weight is 1480 g/mol. The number of amides is 3. The Morgan fingerprint density at radius 1 is 0.713 bits per heavy atom. The molecule has 28 nitrogen and oxygen atoms in total. The zero-order chi connectivity index (χ0) is 72.5. The van der Waals surface area contributed by atoms with Crippen molar-refractivity contribution in [2.24, 2.45) is 17.6 Å².